The first-order chi connectivity index (χ1) is 10.1. The normalized spacial score (nSPS) is 19.0. The minimum Gasteiger partial charge on any atom is -0.312 e. The highest BCUT2D eigenvalue weighted by atomic mass is 32.2. The van der Waals surface area contributed by atoms with E-state index in [1.807, 2.05) is 0 Å². The van der Waals surface area contributed by atoms with Crippen LogP contribution in [-0.4, -0.2) is 38.3 Å². The highest BCUT2D eigenvalue weighted by Gasteiger charge is 2.23. The van der Waals surface area contributed by atoms with Gasteiger partial charge in [-0.2, -0.15) is 0 Å². The van der Waals surface area contributed by atoms with Crippen LogP contribution in [0.4, 0.5) is 5.69 Å². The molecule has 21 heavy (non-hydrogen) atoms. The molecule has 112 valence electrons. The quantitative estimate of drug-likeness (QED) is 0.905. The number of carbonyl (C=O) groups is 1. The number of amidine groups is 1. The molecule has 1 N–H and O–H groups in total. The van der Waals surface area contributed by atoms with Crippen molar-refractivity contribution < 1.29 is 13.2 Å². The number of amides is 1. The zero-order valence-corrected chi connectivity index (χ0v) is 12.9. The van der Waals surface area contributed by atoms with Gasteiger partial charge in [-0.3, -0.25) is 14.5 Å². The van der Waals surface area contributed by atoms with E-state index in [0.29, 0.717) is 24.7 Å². The molecule has 1 aromatic carbocycles. The van der Waals surface area contributed by atoms with E-state index >= 15 is 0 Å². The molecule has 0 radical (unpaired) electrons. The van der Waals surface area contributed by atoms with Crippen molar-refractivity contribution in [2.75, 3.05) is 23.7 Å². The van der Waals surface area contributed by atoms with Crippen LogP contribution in [0.3, 0.4) is 0 Å². The van der Waals surface area contributed by atoms with E-state index in [2.05, 4.69) is 9.71 Å². The van der Waals surface area contributed by atoms with Crippen LogP contribution in [0.5, 0.6) is 0 Å². The summed E-state index contributed by atoms with van der Waals surface area (Å²) in [5.74, 6) is 0.883. The van der Waals surface area contributed by atoms with E-state index in [0.717, 1.165) is 17.9 Å². The Bertz CT molecular complexity index is 683. The molecule has 0 bridgehead atoms. The lowest BCUT2D eigenvalue weighted by Crippen LogP contribution is -2.28. The third-order valence-electron chi connectivity index (χ3n) is 3.34. The largest absolute Gasteiger partial charge is 0.312 e. The molecule has 1 amide bonds. The Kier molecular flexibility index (Phi) is 3.90. The molecule has 2 aliphatic heterocycles. The summed E-state index contributed by atoms with van der Waals surface area (Å²) in [7, 11) is -3.60. The minimum atomic E-state index is -3.60. The number of nitrogens with zero attached hydrogens (tertiary/aromatic N) is 2. The Balaban J connectivity index is 1.78. The van der Waals surface area contributed by atoms with E-state index in [1.54, 1.807) is 17.0 Å². The Morgan fingerprint density at radius 3 is 2.57 bits per heavy atom. The highest BCUT2D eigenvalue weighted by Crippen LogP contribution is 2.23. The molecule has 0 spiro atoms. The van der Waals surface area contributed by atoms with Crippen LogP contribution >= 0.6 is 11.8 Å². The monoisotopic (exact) mass is 325 g/mol. The number of thioether (sulfide) groups is 1. The molecule has 0 aromatic heterocycles. The molecule has 0 unspecified atom stereocenters. The average molecular weight is 325 g/mol. The van der Waals surface area contributed by atoms with Crippen LogP contribution in [0.1, 0.15) is 12.8 Å². The molecule has 1 saturated heterocycles. The van der Waals surface area contributed by atoms with Crippen molar-refractivity contribution in [2.45, 2.75) is 17.7 Å². The van der Waals surface area contributed by atoms with Crippen LogP contribution in [0, 0.1) is 0 Å². The topological polar surface area (TPSA) is 78.8 Å². The van der Waals surface area contributed by atoms with Gasteiger partial charge in [0.1, 0.15) is 0 Å². The molecule has 0 aliphatic carbocycles. The Morgan fingerprint density at radius 1 is 1.24 bits per heavy atom. The molecule has 2 heterocycles. The van der Waals surface area contributed by atoms with Gasteiger partial charge in [-0.15, -0.1) is 0 Å². The Hall–Kier alpha value is -1.54. The first-order valence-electron chi connectivity index (χ1n) is 6.67. The zero-order chi connectivity index (χ0) is 14.9. The van der Waals surface area contributed by atoms with Gasteiger partial charge >= 0.3 is 0 Å². The SMILES string of the molecule is O=C1CCCN1c1ccc(S(=O)(=O)NC2=NCCS2)cc1. The van der Waals surface area contributed by atoms with E-state index in [1.165, 1.54) is 23.9 Å². The Morgan fingerprint density at radius 2 is 2.00 bits per heavy atom. The lowest BCUT2D eigenvalue weighted by Gasteiger charge is -2.16. The van der Waals surface area contributed by atoms with Gasteiger partial charge in [0.15, 0.2) is 5.17 Å². The number of nitrogens with one attached hydrogen (secondary N) is 1. The summed E-state index contributed by atoms with van der Waals surface area (Å²) in [4.78, 5) is 17.6. The molecule has 3 rings (SSSR count). The number of hydrogen-bond acceptors (Lipinski definition) is 5. The minimum absolute atomic E-state index is 0.0837. The Labute approximate surface area is 127 Å². The molecule has 0 atom stereocenters. The van der Waals surface area contributed by atoms with Gasteiger partial charge in [-0.25, -0.2) is 8.42 Å². The summed E-state index contributed by atoms with van der Waals surface area (Å²) in [6.07, 6.45) is 1.40. The fourth-order valence-corrected chi connectivity index (χ4v) is 4.33. The van der Waals surface area contributed by atoms with Crippen molar-refractivity contribution in [2.24, 2.45) is 4.99 Å². The summed E-state index contributed by atoms with van der Waals surface area (Å²) in [5.41, 5.74) is 0.740. The maximum atomic E-state index is 12.2. The van der Waals surface area contributed by atoms with Gasteiger partial charge in [-0.1, -0.05) is 11.8 Å². The molecule has 1 aromatic rings. The second kappa shape index (κ2) is 5.69. The molecule has 6 nitrogen and oxygen atoms in total. The number of carbonyl (C=O) groups excluding carboxylic acids is 1. The zero-order valence-electron chi connectivity index (χ0n) is 11.3. The lowest BCUT2D eigenvalue weighted by atomic mass is 10.3. The average Bonchev–Trinajstić information content (AvgIpc) is 3.10. The van der Waals surface area contributed by atoms with E-state index < -0.39 is 10.0 Å². The molecule has 0 saturated carbocycles. The fourth-order valence-electron chi connectivity index (χ4n) is 2.30. The summed E-state index contributed by atoms with van der Waals surface area (Å²) >= 11 is 1.39. The smallest absolute Gasteiger partial charge is 0.263 e. The number of aliphatic imine (C=N–C) groups is 1. The molecule has 1 fully saturated rings. The summed E-state index contributed by atoms with van der Waals surface area (Å²) < 4.78 is 26.9. The predicted molar refractivity (Wildman–Crippen MR) is 83.1 cm³/mol. The van der Waals surface area contributed by atoms with E-state index in [9.17, 15) is 13.2 Å². The van der Waals surface area contributed by atoms with Gasteiger partial charge < -0.3 is 4.90 Å². The van der Waals surface area contributed by atoms with Crippen LogP contribution in [0.2, 0.25) is 0 Å². The fraction of sp³-hybridized carbons (Fsp3) is 0.385. The first kappa shape index (κ1) is 14.4. The third-order valence-corrected chi connectivity index (χ3v) is 5.71. The van der Waals surface area contributed by atoms with Crippen molar-refractivity contribution in [1.82, 2.24) is 4.72 Å². The van der Waals surface area contributed by atoms with Gasteiger partial charge in [0, 0.05) is 24.4 Å². The standard InChI is InChI=1S/C13H15N3O3S2/c17-12-2-1-8-16(12)10-3-5-11(6-4-10)21(18,19)15-13-14-7-9-20-13/h3-6H,1-2,7-9H2,(H,14,15). The van der Waals surface area contributed by atoms with Crippen LogP contribution in [0.15, 0.2) is 34.2 Å². The molecule has 8 heteroatoms. The summed E-state index contributed by atoms with van der Waals surface area (Å²) in [6.45, 7) is 1.33. The first-order valence-corrected chi connectivity index (χ1v) is 9.14. The maximum Gasteiger partial charge on any atom is 0.263 e. The number of anilines is 1. The van der Waals surface area contributed by atoms with E-state index in [-0.39, 0.29) is 10.8 Å². The second-order valence-corrected chi connectivity index (χ2v) is 7.55. The lowest BCUT2D eigenvalue weighted by molar-refractivity contribution is -0.117. The number of hydrogen-bond donors (Lipinski definition) is 1. The predicted octanol–water partition coefficient (Wildman–Crippen LogP) is 1.19. The molecular weight excluding hydrogens is 310 g/mol. The van der Waals surface area contributed by atoms with Gasteiger partial charge in [0.2, 0.25) is 5.91 Å². The van der Waals surface area contributed by atoms with Crippen molar-refractivity contribution in [3.63, 3.8) is 0 Å². The van der Waals surface area contributed by atoms with Gasteiger partial charge in [0.25, 0.3) is 10.0 Å². The summed E-state index contributed by atoms with van der Waals surface area (Å²) in [5, 5.41) is 0.439. The van der Waals surface area contributed by atoms with Crippen molar-refractivity contribution in [1.29, 1.82) is 0 Å². The molecular formula is C13H15N3O3S2. The summed E-state index contributed by atoms with van der Waals surface area (Å²) in [6, 6.07) is 6.37. The van der Waals surface area contributed by atoms with Gasteiger partial charge in [-0.05, 0) is 30.7 Å². The van der Waals surface area contributed by atoms with Crippen LogP contribution < -0.4 is 9.62 Å². The highest BCUT2D eigenvalue weighted by molar-refractivity contribution is 8.15. The molecule has 2 aliphatic rings. The second-order valence-electron chi connectivity index (χ2n) is 4.78. The van der Waals surface area contributed by atoms with Crippen molar-refractivity contribution in [3.8, 4) is 0 Å². The van der Waals surface area contributed by atoms with Crippen molar-refractivity contribution >= 4 is 38.5 Å². The van der Waals surface area contributed by atoms with Crippen molar-refractivity contribution in [3.05, 3.63) is 24.3 Å². The van der Waals surface area contributed by atoms with Crippen LogP contribution in [-0.2, 0) is 14.8 Å². The van der Waals surface area contributed by atoms with E-state index in [4.69, 9.17) is 0 Å². The van der Waals surface area contributed by atoms with Gasteiger partial charge in [0.05, 0.1) is 11.4 Å². The number of sulfonamides is 1. The van der Waals surface area contributed by atoms with Crippen LogP contribution in [0.25, 0.3) is 0 Å². The number of rotatable bonds is 3. The number of benzene rings is 1. The maximum absolute atomic E-state index is 12.2. The third kappa shape index (κ3) is 3.06.